The van der Waals surface area contributed by atoms with Crippen molar-refractivity contribution in [2.24, 2.45) is 5.92 Å². The van der Waals surface area contributed by atoms with E-state index in [4.69, 9.17) is 0 Å². The van der Waals surface area contributed by atoms with Crippen LogP contribution in [0.2, 0.25) is 0 Å². The van der Waals surface area contributed by atoms with Crippen LogP contribution in [0.3, 0.4) is 0 Å². The van der Waals surface area contributed by atoms with Crippen LogP contribution in [-0.2, 0) is 0 Å². The van der Waals surface area contributed by atoms with Gasteiger partial charge in [0.15, 0.2) is 0 Å². The summed E-state index contributed by atoms with van der Waals surface area (Å²) >= 11 is 0. The Morgan fingerprint density at radius 1 is 1.28 bits per heavy atom. The van der Waals surface area contributed by atoms with Crippen LogP contribution in [0.4, 0.5) is 0 Å². The molecule has 1 aliphatic rings. The van der Waals surface area contributed by atoms with E-state index < -0.39 is 0 Å². The van der Waals surface area contributed by atoms with Crippen LogP contribution in [0, 0.1) is 5.92 Å². The highest BCUT2D eigenvalue weighted by molar-refractivity contribution is 5.25. The molecule has 0 aliphatic heterocycles. The second-order valence-electron chi connectivity index (χ2n) is 5.88. The van der Waals surface area contributed by atoms with E-state index in [2.05, 4.69) is 61.4 Å². The van der Waals surface area contributed by atoms with E-state index in [9.17, 15) is 0 Å². The van der Waals surface area contributed by atoms with Gasteiger partial charge in [-0.05, 0) is 30.9 Å². The number of rotatable bonds is 7. The molecule has 1 aliphatic carbocycles. The second-order valence-corrected chi connectivity index (χ2v) is 5.88. The van der Waals surface area contributed by atoms with Crippen LogP contribution < -0.4 is 5.32 Å². The summed E-state index contributed by atoms with van der Waals surface area (Å²) in [5.74, 6) is 1.68. The van der Waals surface area contributed by atoms with E-state index in [1.165, 1.54) is 18.5 Å². The number of hydrogen-bond donors (Lipinski definition) is 1. The first-order valence-electron chi connectivity index (χ1n) is 7.13. The zero-order valence-corrected chi connectivity index (χ0v) is 11.9. The number of benzene rings is 1. The van der Waals surface area contributed by atoms with Gasteiger partial charge in [-0.2, -0.15) is 0 Å². The van der Waals surface area contributed by atoms with Crippen molar-refractivity contribution in [3.05, 3.63) is 35.9 Å². The molecule has 0 heterocycles. The minimum atomic E-state index is 0.594. The molecular weight excluding hydrogens is 220 g/mol. The maximum Gasteiger partial charge on any atom is 0.0104 e. The summed E-state index contributed by atoms with van der Waals surface area (Å²) in [6, 6.07) is 11.5. The van der Waals surface area contributed by atoms with Crippen molar-refractivity contribution in [3.8, 4) is 0 Å². The van der Waals surface area contributed by atoms with Crippen molar-refractivity contribution in [1.82, 2.24) is 10.2 Å². The van der Waals surface area contributed by atoms with Crippen LogP contribution in [0.25, 0.3) is 0 Å². The molecule has 0 saturated heterocycles. The second kappa shape index (κ2) is 6.35. The Bertz CT molecular complexity index is 347. The number of hydrogen-bond acceptors (Lipinski definition) is 2. The Balaban J connectivity index is 1.67. The lowest BCUT2D eigenvalue weighted by Crippen LogP contribution is -2.33. The molecule has 2 atom stereocenters. The van der Waals surface area contributed by atoms with Gasteiger partial charge in [0.1, 0.15) is 0 Å². The molecule has 0 bridgehead atoms. The van der Waals surface area contributed by atoms with E-state index in [1.54, 1.807) is 0 Å². The zero-order valence-electron chi connectivity index (χ0n) is 11.9. The van der Waals surface area contributed by atoms with E-state index in [-0.39, 0.29) is 0 Å². The highest BCUT2D eigenvalue weighted by atomic mass is 15.1. The van der Waals surface area contributed by atoms with Gasteiger partial charge in [-0.1, -0.05) is 44.2 Å². The summed E-state index contributed by atoms with van der Waals surface area (Å²) in [5, 5.41) is 3.47. The summed E-state index contributed by atoms with van der Waals surface area (Å²) in [7, 11) is 2.24. The Kier molecular flexibility index (Phi) is 4.79. The van der Waals surface area contributed by atoms with Crippen LogP contribution in [-0.4, -0.2) is 37.6 Å². The molecule has 1 aromatic carbocycles. The van der Waals surface area contributed by atoms with E-state index in [0.717, 1.165) is 24.9 Å². The summed E-state index contributed by atoms with van der Waals surface area (Å²) in [4.78, 5) is 2.46. The maximum absolute atomic E-state index is 3.47. The highest BCUT2D eigenvalue weighted by Crippen LogP contribution is 2.47. The number of likely N-dealkylation sites (N-methyl/N-ethyl adjacent to an activating group) is 1. The SMILES string of the molecule is CC(C)NCCN(C)CC1CC1c1ccccc1. The van der Waals surface area contributed by atoms with Gasteiger partial charge < -0.3 is 10.2 Å². The lowest BCUT2D eigenvalue weighted by atomic mass is 10.1. The maximum atomic E-state index is 3.47. The van der Waals surface area contributed by atoms with Gasteiger partial charge in [0.2, 0.25) is 0 Å². The average molecular weight is 246 g/mol. The monoisotopic (exact) mass is 246 g/mol. The van der Waals surface area contributed by atoms with Gasteiger partial charge in [-0.3, -0.25) is 0 Å². The topological polar surface area (TPSA) is 15.3 Å². The fourth-order valence-corrected chi connectivity index (χ4v) is 2.59. The summed E-state index contributed by atoms with van der Waals surface area (Å²) < 4.78 is 0. The summed E-state index contributed by atoms with van der Waals surface area (Å²) in [5.41, 5.74) is 1.52. The average Bonchev–Trinajstić information content (AvgIpc) is 3.09. The van der Waals surface area contributed by atoms with Gasteiger partial charge in [0.05, 0.1) is 0 Å². The Labute approximate surface area is 111 Å². The van der Waals surface area contributed by atoms with Gasteiger partial charge in [0.25, 0.3) is 0 Å². The molecule has 2 rings (SSSR count). The third-order valence-corrected chi connectivity index (χ3v) is 3.74. The van der Waals surface area contributed by atoms with Crippen molar-refractivity contribution < 1.29 is 0 Å². The molecule has 1 fully saturated rings. The standard InChI is InChI=1S/C16H26N2/c1-13(2)17-9-10-18(3)12-15-11-16(15)14-7-5-4-6-8-14/h4-8,13,15-17H,9-12H2,1-3H3. The molecular formula is C16H26N2. The van der Waals surface area contributed by atoms with E-state index >= 15 is 0 Å². The van der Waals surface area contributed by atoms with Gasteiger partial charge >= 0.3 is 0 Å². The number of nitrogens with zero attached hydrogens (tertiary/aromatic N) is 1. The van der Waals surface area contributed by atoms with Crippen LogP contribution in [0.1, 0.15) is 31.7 Å². The molecule has 0 spiro atoms. The van der Waals surface area contributed by atoms with Crippen molar-refractivity contribution in [1.29, 1.82) is 0 Å². The molecule has 0 aromatic heterocycles. The van der Waals surface area contributed by atoms with Crippen molar-refractivity contribution in [2.75, 3.05) is 26.7 Å². The Hall–Kier alpha value is -0.860. The first kappa shape index (κ1) is 13.6. The Morgan fingerprint density at radius 2 is 2.00 bits per heavy atom. The molecule has 1 saturated carbocycles. The fraction of sp³-hybridized carbons (Fsp3) is 0.625. The van der Waals surface area contributed by atoms with Gasteiger partial charge in [-0.25, -0.2) is 0 Å². The van der Waals surface area contributed by atoms with Crippen molar-refractivity contribution >= 4 is 0 Å². The molecule has 100 valence electrons. The molecule has 1 aromatic rings. The first-order valence-corrected chi connectivity index (χ1v) is 7.13. The number of nitrogens with one attached hydrogen (secondary N) is 1. The third-order valence-electron chi connectivity index (χ3n) is 3.74. The minimum absolute atomic E-state index is 0.594. The fourth-order valence-electron chi connectivity index (χ4n) is 2.59. The zero-order chi connectivity index (χ0) is 13.0. The smallest absolute Gasteiger partial charge is 0.0104 e. The molecule has 0 radical (unpaired) electrons. The molecule has 2 nitrogen and oxygen atoms in total. The molecule has 2 unspecified atom stereocenters. The van der Waals surface area contributed by atoms with Gasteiger partial charge in [-0.15, -0.1) is 0 Å². The lowest BCUT2D eigenvalue weighted by molar-refractivity contribution is 0.312. The summed E-state index contributed by atoms with van der Waals surface area (Å²) in [6.45, 7) is 7.88. The van der Waals surface area contributed by atoms with Crippen LogP contribution >= 0.6 is 0 Å². The largest absolute Gasteiger partial charge is 0.313 e. The molecule has 0 amide bonds. The van der Waals surface area contributed by atoms with Crippen LogP contribution in [0.15, 0.2) is 30.3 Å². The molecule has 2 heteroatoms. The van der Waals surface area contributed by atoms with Gasteiger partial charge in [0, 0.05) is 25.7 Å². The molecule has 18 heavy (non-hydrogen) atoms. The Morgan fingerprint density at radius 3 is 2.67 bits per heavy atom. The predicted molar refractivity (Wildman–Crippen MR) is 77.9 cm³/mol. The normalized spacial score (nSPS) is 22.7. The minimum Gasteiger partial charge on any atom is -0.313 e. The lowest BCUT2D eigenvalue weighted by Gasteiger charge is -2.18. The first-order chi connectivity index (χ1) is 8.66. The van der Waals surface area contributed by atoms with Crippen LogP contribution in [0.5, 0.6) is 0 Å². The quantitative estimate of drug-likeness (QED) is 0.796. The van der Waals surface area contributed by atoms with E-state index in [0.29, 0.717) is 6.04 Å². The highest BCUT2D eigenvalue weighted by Gasteiger charge is 2.38. The molecule has 1 N–H and O–H groups in total. The third kappa shape index (κ3) is 4.11. The van der Waals surface area contributed by atoms with Crippen molar-refractivity contribution in [3.63, 3.8) is 0 Å². The predicted octanol–water partition coefficient (Wildman–Crippen LogP) is 2.72. The summed E-state index contributed by atoms with van der Waals surface area (Å²) in [6.07, 6.45) is 1.37. The van der Waals surface area contributed by atoms with Crippen molar-refractivity contribution in [2.45, 2.75) is 32.2 Å². The van der Waals surface area contributed by atoms with E-state index in [1.807, 2.05) is 0 Å².